The van der Waals surface area contributed by atoms with E-state index in [-0.39, 0.29) is 17.8 Å². The van der Waals surface area contributed by atoms with Crippen LogP contribution >= 0.6 is 0 Å². The fraction of sp³-hybridized carbons (Fsp3) is 0.412. The number of fused-ring (bicyclic) bond motifs is 1. The van der Waals surface area contributed by atoms with Gasteiger partial charge in [0.05, 0.1) is 0 Å². The quantitative estimate of drug-likeness (QED) is 0.937. The minimum Gasteiger partial charge on any atom is -0.336 e. The summed E-state index contributed by atoms with van der Waals surface area (Å²) in [4.78, 5) is 14.3. The minimum atomic E-state index is -0.340. The Labute approximate surface area is 134 Å². The molecule has 1 aliphatic carbocycles. The van der Waals surface area contributed by atoms with Crippen LogP contribution < -0.4 is 5.73 Å². The molecule has 1 atom stereocenters. The number of carbonyl (C=O) groups is 1. The third-order valence-electron chi connectivity index (χ3n) is 4.54. The molecule has 1 aromatic carbocycles. The number of hydrogen-bond acceptors (Lipinski definition) is 3. The molecule has 1 amide bonds. The van der Waals surface area contributed by atoms with Gasteiger partial charge >= 0.3 is 0 Å². The Bertz CT molecular complexity index is 740. The topological polar surface area (TPSA) is 64.2 Å². The summed E-state index contributed by atoms with van der Waals surface area (Å²) in [5.74, 6) is -0.497. The van der Waals surface area contributed by atoms with Gasteiger partial charge in [0, 0.05) is 30.9 Å². The lowest BCUT2D eigenvalue weighted by Gasteiger charge is -2.23. The van der Waals surface area contributed by atoms with Crippen molar-refractivity contribution >= 4 is 5.91 Å². The third-order valence-corrected chi connectivity index (χ3v) is 4.54. The number of aromatic nitrogens is 2. The molecule has 0 saturated carbocycles. The number of nitrogens with zero attached hydrogens (tertiary/aromatic N) is 3. The number of hydrogen-bond donors (Lipinski definition) is 1. The highest BCUT2D eigenvalue weighted by Crippen LogP contribution is 2.29. The number of carbonyl (C=O) groups excluding carboxylic acids is 1. The zero-order valence-corrected chi connectivity index (χ0v) is 13.4. The Morgan fingerprint density at radius 2 is 2.17 bits per heavy atom. The van der Waals surface area contributed by atoms with Crippen molar-refractivity contribution in [1.29, 1.82) is 0 Å². The molecule has 23 heavy (non-hydrogen) atoms. The van der Waals surface area contributed by atoms with Crippen molar-refractivity contribution < 1.29 is 9.18 Å². The van der Waals surface area contributed by atoms with E-state index < -0.39 is 0 Å². The summed E-state index contributed by atoms with van der Waals surface area (Å²) < 4.78 is 15.7. The number of benzene rings is 1. The number of amides is 1. The second kappa shape index (κ2) is 6.12. The van der Waals surface area contributed by atoms with Crippen LogP contribution in [0.3, 0.4) is 0 Å². The van der Waals surface area contributed by atoms with Crippen molar-refractivity contribution in [1.82, 2.24) is 14.7 Å². The summed E-state index contributed by atoms with van der Waals surface area (Å²) in [6, 6.07) is 6.43. The third kappa shape index (κ3) is 2.63. The van der Waals surface area contributed by atoms with Crippen molar-refractivity contribution in [2.75, 3.05) is 13.6 Å². The number of rotatable bonds is 4. The monoisotopic (exact) mass is 316 g/mol. The van der Waals surface area contributed by atoms with Gasteiger partial charge in [-0.3, -0.25) is 4.79 Å². The number of para-hydroxylation sites is 1. The number of halogens is 1. The van der Waals surface area contributed by atoms with E-state index in [1.54, 1.807) is 34.8 Å². The molecule has 2 N–H and O–H groups in total. The Kier molecular flexibility index (Phi) is 4.17. The van der Waals surface area contributed by atoms with Gasteiger partial charge in [0.15, 0.2) is 5.69 Å². The summed E-state index contributed by atoms with van der Waals surface area (Å²) in [6.45, 7) is 2.28. The second-order valence-corrected chi connectivity index (χ2v) is 5.99. The van der Waals surface area contributed by atoms with Gasteiger partial charge in [-0.25, -0.2) is 9.07 Å². The minimum absolute atomic E-state index is 0.0711. The second-order valence-electron chi connectivity index (χ2n) is 5.99. The van der Waals surface area contributed by atoms with Crippen LogP contribution in [-0.4, -0.2) is 40.2 Å². The Morgan fingerprint density at radius 3 is 2.87 bits per heavy atom. The molecule has 6 heteroatoms. The maximum absolute atomic E-state index is 14.1. The normalized spacial score (nSPS) is 14.6. The van der Waals surface area contributed by atoms with E-state index in [4.69, 9.17) is 5.73 Å². The molecule has 1 heterocycles. The molecular weight excluding hydrogens is 295 g/mol. The van der Waals surface area contributed by atoms with Crippen LogP contribution in [0.4, 0.5) is 4.39 Å². The summed E-state index contributed by atoms with van der Waals surface area (Å²) in [7, 11) is 1.73. The fourth-order valence-electron chi connectivity index (χ4n) is 2.96. The SMILES string of the molecule is CC(CN)N(C)C(=O)c1nn(-c2ccccc2F)c2c1CCC2. The first-order valence-corrected chi connectivity index (χ1v) is 7.87. The van der Waals surface area contributed by atoms with Gasteiger partial charge in [0.2, 0.25) is 0 Å². The Hall–Kier alpha value is -2.21. The maximum Gasteiger partial charge on any atom is 0.274 e. The fourth-order valence-corrected chi connectivity index (χ4v) is 2.96. The van der Waals surface area contributed by atoms with E-state index in [2.05, 4.69) is 5.10 Å². The van der Waals surface area contributed by atoms with Gasteiger partial charge in [-0.15, -0.1) is 0 Å². The molecule has 1 aliphatic rings. The molecule has 1 unspecified atom stereocenters. The average Bonchev–Trinajstić information content (AvgIpc) is 3.16. The van der Waals surface area contributed by atoms with Gasteiger partial charge < -0.3 is 10.6 Å². The van der Waals surface area contributed by atoms with Gasteiger partial charge in [-0.2, -0.15) is 5.10 Å². The van der Waals surface area contributed by atoms with Crippen LogP contribution in [0.5, 0.6) is 0 Å². The number of likely N-dealkylation sites (N-methyl/N-ethyl adjacent to an activating group) is 1. The molecular formula is C17H21FN4O. The lowest BCUT2D eigenvalue weighted by atomic mass is 10.1. The standard InChI is InChI=1S/C17H21FN4O/c1-11(10-19)21(2)17(23)16-12-6-5-9-14(12)22(20-16)15-8-4-3-7-13(15)18/h3-4,7-8,11H,5-6,9-10,19H2,1-2H3. The van der Waals surface area contributed by atoms with Crippen LogP contribution in [0.1, 0.15) is 35.1 Å². The van der Waals surface area contributed by atoms with Crippen molar-refractivity contribution in [2.24, 2.45) is 5.73 Å². The molecule has 0 saturated heterocycles. The highest BCUT2D eigenvalue weighted by Gasteiger charge is 2.30. The van der Waals surface area contributed by atoms with E-state index >= 15 is 0 Å². The molecule has 0 spiro atoms. The molecule has 0 radical (unpaired) electrons. The van der Waals surface area contributed by atoms with Crippen LogP contribution in [0.2, 0.25) is 0 Å². The number of nitrogens with two attached hydrogens (primary N) is 1. The van der Waals surface area contributed by atoms with Gasteiger partial charge in [0.1, 0.15) is 11.5 Å². The Balaban J connectivity index is 2.06. The molecule has 122 valence electrons. The lowest BCUT2D eigenvalue weighted by molar-refractivity contribution is 0.0741. The van der Waals surface area contributed by atoms with Crippen molar-refractivity contribution in [3.8, 4) is 5.69 Å². The molecule has 1 aromatic heterocycles. The highest BCUT2D eigenvalue weighted by atomic mass is 19.1. The zero-order chi connectivity index (χ0) is 16.6. The zero-order valence-electron chi connectivity index (χ0n) is 13.4. The van der Waals surface area contributed by atoms with Gasteiger partial charge in [0.25, 0.3) is 5.91 Å². The van der Waals surface area contributed by atoms with Crippen LogP contribution in [0, 0.1) is 5.82 Å². The first-order chi connectivity index (χ1) is 11.0. The summed E-state index contributed by atoms with van der Waals surface area (Å²) in [5, 5.41) is 4.45. The van der Waals surface area contributed by atoms with Crippen LogP contribution in [0.25, 0.3) is 5.69 Å². The average molecular weight is 316 g/mol. The van der Waals surface area contributed by atoms with Gasteiger partial charge in [-0.1, -0.05) is 12.1 Å². The predicted molar refractivity (Wildman–Crippen MR) is 86.2 cm³/mol. The van der Waals surface area contributed by atoms with Crippen LogP contribution in [0.15, 0.2) is 24.3 Å². The van der Waals surface area contributed by atoms with Gasteiger partial charge in [-0.05, 0) is 38.3 Å². The molecule has 0 fully saturated rings. The van der Waals surface area contributed by atoms with E-state index in [1.807, 2.05) is 6.92 Å². The summed E-state index contributed by atoms with van der Waals surface area (Å²) in [5.41, 5.74) is 8.33. The summed E-state index contributed by atoms with van der Waals surface area (Å²) in [6.07, 6.45) is 2.56. The molecule has 0 aliphatic heterocycles. The van der Waals surface area contributed by atoms with E-state index in [1.165, 1.54) is 6.07 Å². The first kappa shape index (κ1) is 15.7. The van der Waals surface area contributed by atoms with E-state index in [9.17, 15) is 9.18 Å². The van der Waals surface area contributed by atoms with Crippen LogP contribution in [-0.2, 0) is 12.8 Å². The van der Waals surface area contributed by atoms with E-state index in [0.29, 0.717) is 17.9 Å². The largest absolute Gasteiger partial charge is 0.336 e. The van der Waals surface area contributed by atoms with Crippen molar-refractivity contribution in [3.05, 3.63) is 47.0 Å². The lowest BCUT2D eigenvalue weighted by Crippen LogP contribution is -2.40. The van der Waals surface area contributed by atoms with Crippen molar-refractivity contribution in [2.45, 2.75) is 32.2 Å². The predicted octanol–water partition coefficient (Wildman–Crippen LogP) is 1.92. The smallest absolute Gasteiger partial charge is 0.274 e. The molecule has 3 rings (SSSR count). The highest BCUT2D eigenvalue weighted by molar-refractivity contribution is 5.94. The van der Waals surface area contributed by atoms with E-state index in [0.717, 1.165) is 30.5 Å². The molecule has 5 nitrogen and oxygen atoms in total. The first-order valence-electron chi connectivity index (χ1n) is 7.87. The maximum atomic E-state index is 14.1. The molecule has 2 aromatic rings. The molecule has 0 bridgehead atoms. The Morgan fingerprint density at radius 1 is 1.43 bits per heavy atom. The summed E-state index contributed by atoms with van der Waals surface area (Å²) >= 11 is 0. The van der Waals surface area contributed by atoms with Crippen molar-refractivity contribution in [3.63, 3.8) is 0 Å².